The molecule has 9 heteroatoms. The van der Waals surface area contributed by atoms with Gasteiger partial charge in [-0.3, -0.25) is 4.21 Å². The number of fused-ring (bicyclic) bond motifs is 1. The zero-order chi connectivity index (χ0) is 22.9. The summed E-state index contributed by atoms with van der Waals surface area (Å²) < 4.78 is 32.1. The smallest absolute Gasteiger partial charge is 0.137 e. The third-order valence-corrected chi connectivity index (χ3v) is 7.25. The molecule has 3 heterocycles. The molecule has 2 unspecified atom stereocenters. The number of aryl methyl sites for hydroxylation is 1. The normalized spacial score (nSPS) is 15.7. The average Bonchev–Trinajstić information content (AvgIpc) is 2.78. The van der Waals surface area contributed by atoms with Crippen LogP contribution >= 0.6 is 0 Å². The predicted molar refractivity (Wildman–Crippen MR) is 125 cm³/mol. The van der Waals surface area contributed by atoms with Crippen LogP contribution in [0.25, 0.3) is 22.0 Å². The first-order chi connectivity index (χ1) is 16.0. The Balaban J connectivity index is 1.62. The third kappa shape index (κ3) is 4.34. The minimum Gasteiger partial charge on any atom is -0.379 e. The standard InChI is InChI=1S/C24H22FN5O2S/c1-14-3-8-21(30-29-14)15(2)28-24-20-9-17(16-4-6-18(25)7-5-16)10-22(23(20)26-13-27-24)33(31)19-11-32-12-19/h3-10,13,15,19H,11-12H2,1-2H3,(H,26,27,28). The number of aromatic nitrogens is 4. The van der Waals surface area contributed by atoms with Crippen molar-refractivity contribution in [2.75, 3.05) is 18.5 Å². The summed E-state index contributed by atoms with van der Waals surface area (Å²) in [7, 11) is -1.30. The molecule has 2 aromatic carbocycles. The monoisotopic (exact) mass is 463 g/mol. The van der Waals surface area contributed by atoms with Gasteiger partial charge in [-0.15, -0.1) is 0 Å². The van der Waals surface area contributed by atoms with E-state index in [0.717, 1.165) is 27.9 Å². The molecule has 4 aromatic rings. The second-order valence-corrected chi connectivity index (χ2v) is 9.72. The molecule has 0 bridgehead atoms. The Morgan fingerprint density at radius 1 is 1.06 bits per heavy atom. The Kier molecular flexibility index (Phi) is 5.82. The predicted octanol–water partition coefficient (Wildman–Crippen LogP) is 4.21. The van der Waals surface area contributed by atoms with Gasteiger partial charge in [0, 0.05) is 5.39 Å². The van der Waals surface area contributed by atoms with E-state index in [0.29, 0.717) is 29.4 Å². The number of anilines is 1. The van der Waals surface area contributed by atoms with Crippen LogP contribution in [0.15, 0.2) is 59.8 Å². The van der Waals surface area contributed by atoms with Crippen molar-refractivity contribution in [1.29, 1.82) is 0 Å². The van der Waals surface area contributed by atoms with Gasteiger partial charge in [0.1, 0.15) is 18.0 Å². The van der Waals surface area contributed by atoms with Gasteiger partial charge in [0.15, 0.2) is 0 Å². The van der Waals surface area contributed by atoms with Gasteiger partial charge in [0.05, 0.1) is 57.1 Å². The molecule has 0 radical (unpaired) electrons. The summed E-state index contributed by atoms with van der Waals surface area (Å²) in [4.78, 5) is 9.55. The molecular formula is C24H22FN5O2S. The first kappa shape index (κ1) is 21.5. The van der Waals surface area contributed by atoms with Gasteiger partial charge in [0.25, 0.3) is 0 Å². The molecule has 0 saturated carbocycles. The van der Waals surface area contributed by atoms with Crippen molar-refractivity contribution < 1.29 is 13.3 Å². The highest BCUT2D eigenvalue weighted by Crippen LogP contribution is 2.34. The van der Waals surface area contributed by atoms with Gasteiger partial charge in [-0.05, 0) is 61.4 Å². The molecule has 0 amide bonds. The molecule has 0 spiro atoms. The Labute approximate surface area is 192 Å². The van der Waals surface area contributed by atoms with Gasteiger partial charge in [-0.2, -0.15) is 10.2 Å². The first-order valence-electron chi connectivity index (χ1n) is 10.6. The Morgan fingerprint density at radius 2 is 1.85 bits per heavy atom. The van der Waals surface area contributed by atoms with Gasteiger partial charge in [0.2, 0.25) is 0 Å². The maximum atomic E-state index is 13.5. The van der Waals surface area contributed by atoms with Crippen LogP contribution in [0.5, 0.6) is 0 Å². The fraction of sp³-hybridized carbons (Fsp3) is 0.250. The van der Waals surface area contributed by atoms with Crippen molar-refractivity contribution in [3.63, 3.8) is 0 Å². The second kappa shape index (κ2) is 8.92. The first-order valence-corrected chi connectivity index (χ1v) is 11.8. The van der Waals surface area contributed by atoms with Gasteiger partial charge >= 0.3 is 0 Å². The van der Waals surface area contributed by atoms with Crippen LogP contribution in [0.1, 0.15) is 24.4 Å². The van der Waals surface area contributed by atoms with E-state index in [1.54, 1.807) is 12.1 Å². The fourth-order valence-corrected chi connectivity index (χ4v) is 5.04. The van der Waals surface area contributed by atoms with Crippen molar-refractivity contribution in [3.8, 4) is 11.1 Å². The van der Waals surface area contributed by atoms with E-state index < -0.39 is 10.8 Å². The zero-order valence-electron chi connectivity index (χ0n) is 18.2. The van der Waals surface area contributed by atoms with Crippen LogP contribution in [-0.2, 0) is 15.5 Å². The van der Waals surface area contributed by atoms with E-state index in [-0.39, 0.29) is 17.1 Å². The average molecular weight is 464 g/mol. The van der Waals surface area contributed by atoms with E-state index >= 15 is 0 Å². The molecule has 7 nitrogen and oxygen atoms in total. The molecule has 1 aliphatic rings. The highest BCUT2D eigenvalue weighted by molar-refractivity contribution is 7.86. The van der Waals surface area contributed by atoms with Gasteiger partial charge < -0.3 is 10.1 Å². The Hall–Kier alpha value is -3.30. The lowest BCUT2D eigenvalue weighted by Crippen LogP contribution is -2.37. The number of ether oxygens (including phenoxy) is 1. The molecular weight excluding hydrogens is 441 g/mol. The summed E-state index contributed by atoms with van der Waals surface area (Å²) in [6, 6.07) is 13.7. The van der Waals surface area contributed by atoms with E-state index in [2.05, 4.69) is 25.5 Å². The molecule has 5 rings (SSSR count). The summed E-state index contributed by atoms with van der Waals surface area (Å²) in [5.74, 6) is 0.288. The Morgan fingerprint density at radius 3 is 2.52 bits per heavy atom. The zero-order valence-corrected chi connectivity index (χ0v) is 19.0. The molecule has 33 heavy (non-hydrogen) atoms. The molecule has 0 aliphatic carbocycles. The molecule has 168 valence electrons. The number of hydrogen-bond donors (Lipinski definition) is 1. The number of nitrogens with zero attached hydrogens (tertiary/aromatic N) is 4. The lowest BCUT2D eigenvalue weighted by Gasteiger charge is -2.26. The molecule has 1 saturated heterocycles. The van der Waals surface area contributed by atoms with E-state index in [9.17, 15) is 8.60 Å². The van der Waals surface area contributed by atoms with Crippen molar-refractivity contribution in [1.82, 2.24) is 20.2 Å². The lowest BCUT2D eigenvalue weighted by atomic mass is 10.0. The fourth-order valence-electron chi connectivity index (χ4n) is 3.65. The minimum atomic E-state index is -1.30. The van der Waals surface area contributed by atoms with Crippen molar-refractivity contribution in [3.05, 3.63) is 72.1 Å². The van der Waals surface area contributed by atoms with Crippen LogP contribution in [0.2, 0.25) is 0 Å². The van der Waals surface area contributed by atoms with Crippen molar-refractivity contribution in [2.45, 2.75) is 30.0 Å². The van der Waals surface area contributed by atoms with E-state index in [1.165, 1.54) is 18.5 Å². The maximum absolute atomic E-state index is 13.5. The molecule has 1 aliphatic heterocycles. The van der Waals surface area contributed by atoms with Gasteiger partial charge in [-0.25, -0.2) is 14.4 Å². The van der Waals surface area contributed by atoms with Crippen molar-refractivity contribution >= 4 is 27.5 Å². The quantitative estimate of drug-likeness (QED) is 0.458. The molecule has 1 N–H and O–H groups in total. The van der Waals surface area contributed by atoms with Crippen LogP contribution in [0.4, 0.5) is 10.2 Å². The summed E-state index contributed by atoms with van der Waals surface area (Å²) in [6.07, 6.45) is 1.47. The summed E-state index contributed by atoms with van der Waals surface area (Å²) in [6.45, 7) is 4.77. The second-order valence-electron chi connectivity index (χ2n) is 8.02. The highest BCUT2D eigenvalue weighted by Gasteiger charge is 2.29. The van der Waals surface area contributed by atoms with Crippen LogP contribution < -0.4 is 5.32 Å². The van der Waals surface area contributed by atoms with E-state index in [1.807, 2.05) is 38.1 Å². The van der Waals surface area contributed by atoms with Crippen LogP contribution in [0.3, 0.4) is 0 Å². The van der Waals surface area contributed by atoms with Crippen molar-refractivity contribution in [2.24, 2.45) is 0 Å². The van der Waals surface area contributed by atoms with Gasteiger partial charge in [-0.1, -0.05) is 12.1 Å². The maximum Gasteiger partial charge on any atom is 0.137 e. The third-order valence-electron chi connectivity index (χ3n) is 5.62. The topological polar surface area (TPSA) is 89.9 Å². The Bertz CT molecular complexity index is 1330. The lowest BCUT2D eigenvalue weighted by molar-refractivity contribution is 0.0435. The summed E-state index contributed by atoms with van der Waals surface area (Å²) in [5.41, 5.74) is 3.86. The molecule has 1 fully saturated rings. The summed E-state index contributed by atoms with van der Waals surface area (Å²) in [5, 5.41) is 12.4. The number of nitrogens with one attached hydrogen (secondary N) is 1. The largest absolute Gasteiger partial charge is 0.379 e. The van der Waals surface area contributed by atoms with Crippen LogP contribution in [0, 0.1) is 12.7 Å². The molecule has 2 atom stereocenters. The highest BCUT2D eigenvalue weighted by atomic mass is 32.2. The summed E-state index contributed by atoms with van der Waals surface area (Å²) >= 11 is 0. The number of halogens is 1. The number of hydrogen-bond acceptors (Lipinski definition) is 7. The molecule has 2 aromatic heterocycles. The van der Waals surface area contributed by atoms with Crippen LogP contribution in [-0.4, -0.2) is 42.8 Å². The minimum absolute atomic E-state index is 0.0789. The number of benzene rings is 2. The SMILES string of the molecule is Cc1ccc(C(C)Nc2ncnc3c(S(=O)C4COC4)cc(-c4ccc(F)cc4)cc23)nn1. The number of rotatable bonds is 6. The van der Waals surface area contributed by atoms with E-state index in [4.69, 9.17) is 4.74 Å².